The molecule has 0 spiro atoms. The van der Waals surface area contributed by atoms with E-state index in [1.54, 1.807) is 21.3 Å². The molecule has 2 aromatic rings. The highest BCUT2D eigenvalue weighted by atomic mass is 16.7. The fraction of sp³-hybridized carbons (Fsp3) is 0.364. The van der Waals surface area contributed by atoms with Gasteiger partial charge in [0.25, 0.3) is 0 Å². The molecule has 1 heterocycles. The first-order valence-corrected chi connectivity index (χ1v) is 9.08. The van der Waals surface area contributed by atoms with E-state index in [1.165, 1.54) is 0 Å². The first-order chi connectivity index (χ1) is 13.6. The molecule has 0 aliphatic carbocycles. The van der Waals surface area contributed by atoms with Crippen molar-refractivity contribution < 1.29 is 28.4 Å². The molecule has 0 saturated carbocycles. The molecule has 1 aliphatic heterocycles. The standard InChI is InChI=1S/C22H26O6/c1-6-7-15-9-18(24-4)22(19(10-15)25-5)28-14(2)8-16-11-17(23-3)21-20(12-16)26-13-27-21/h6,9-12,14H,1,7-8,13H2,2-5H3/t14-/m1/s1. The van der Waals surface area contributed by atoms with Crippen LogP contribution in [0.25, 0.3) is 0 Å². The predicted molar refractivity (Wildman–Crippen MR) is 106 cm³/mol. The number of rotatable bonds is 9. The van der Waals surface area contributed by atoms with Crippen molar-refractivity contribution in [1.29, 1.82) is 0 Å². The van der Waals surface area contributed by atoms with Gasteiger partial charge in [-0.1, -0.05) is 6.08 Å². The van der Waals surface area contributed by atoms with Crippen LogP contribution in [-0.2, 0) is 12.8 Å². The average Bonchev–Trinajstić information content (AvgIpc) is 3.16. The largest absolute Gasteiger partial charge is 0.493 e. The SMILES string of the molecule is C=CCc1cc(OC)c(O[C@H](C)Cc2cc(OC)c3c(c2)OCO3)c(OC)c1. The molecule has 0 unspecified atom stereocenters. The average molecular weight is 386 g/mol. The van der Waals surface area contributed by atoms with E-state index in [9.17, 15) is 0 Å². The molecule has 0 saturated heterocycles. The van der Waals surface area contributed by atoms with Gasteiger partial charge in [-0.15, -0.1) is 6.58 Å². The van der Waals surface area contributed by atoms with Crippen LogP contribution in [0.2, 0.25) is 0 Å². The van der Waals surface area contributed by atoms with Crippen molar-refractivity contribution >= 4 is 0 Å². The van der Waals surface area contributed by atoms with E-state index in [-0.39, 0.29) is 12.9 Å². The van der Waals surface area contributed by atoms with E-state index in [1.807, 2.05) is 37.3 Å². The minimum Gasteiger partial charge on any atom is -0.493 e. The third kappa shape index (κ3) is 4.11. The zero-order valence-corrected chi connectivity index (χ0v) is 16.7. The van der Waals surface area contributed by atoms with E-state index in [0.29, 0.717) is 40.9 Å². The summed E-state index contributed by atoms with van der Waals surface area (Å²) in [5.41, 5.74) is 2.07. The lowest BCUT2D eigenvalue weighted by molar-refractivity contribution is 0.171. The van der Waals surface area contributed by atoms with E-state index in [4.69, 9.17) is 28.4 Å². The maximum Gasteiger partial charge on any atom is 0.231 e. The Kier molecular flexibility index (Phi) is 6.19. The molecule has 1 atom stereocenters. The lowest BCUT2D eigenvalue weighted by Crippen LogP contribution is -2.16. The Labute approximate surface area is 165 Å². The van der Waals surface area contributed by atoms with Crippen LogP contribution in [0.3, 0.4) is 0 Å². The molecule has 0 bridgehead atoms. The van der Waals surface area contributed by atoms with Gasteiger partial charge in [-0.25, -0.2) is 0 Å². The van der Waals surface area contributed by atoms with Gasteiger partial charge in [-0.05, 0) is 48.7 Å². The third-order valence-corrected chi connectivity index (χ3v) is 4.46. The summed E-state index contributed by atoms with van der Waals surface area (Å²) in [5, 5.41) is 0. The van der Waals surface area contributed by atoms with E-state index >= 15 is 0 Å². The molecule has 28 heavy (non-hydrogen) atoms. The van der Waals surface area contributed by atoms with E-state index in [2.05, 4.69) is 6.58 Å². The van der Waals surface area contributed by atoms with E-state index in [0.717, 1.165) is 17.5 Å². The van der Waals surface area contributed by atoms with Crippen molar-refractivity contribution in [3.05, 3.63) is 48.0 Å². The molecule has 0 radical (unpaired) electrons. The van der Waals surface area contributed by atoms with Crippen LogP contribution >= 0.6 is 0 Å². The Morgan fingerprint density at radius 2 is 1.61 bits per heavy atom. The first-order valence-electron chi connectivity index (χ1n) is 9.08. The highest BCUT2D eigenvalue weighted by Gasteiger charge is 2.22. The number of ether oxygens (including phenoxy) is 6. The molecule has 6 nitrogen and oxygen atoms in total. The summed E-state index contributed by atoms with van der Waals surface area (Å²) >= 11 is 0. The second-order valence-electron chi connectivity index (χ2n) is 6.49. The van der Waals surface area contributed by atoms with Crippen molar-refractivity contribution in [3.63, 3.8) is 0 Å². The first kappa shape index (κ1) is 19.7. The third-order valence-electron chi connectivity index (χ3n) is 4.46. The molecule has 0 amide bonds. The number of hydrogen-bond donors (Lipinski definition) is 0. The zero-order valence-electron chi connectivity index (χ0n) is 16.7. The van der Waals surface area contributed by atoms with Crippen LogP contribution in [0.4, 0.5) is 0 Å². The molecule has 150 valence electrons. The van der Waals surface area contributed by atoms with Crippen LogP contribution in [0, 0.1) is 0 Å². The molecule has 0 fully saturated rings. The molecule has 1 aliphatic rings. The highest BCUT2D eigenvalue weighted by molar-refractivity contribution is 5.56. The van der Waals surface area contributed by atoms with Gasteiger partial charge in [0.05, 0.1) is 21.3 Å². The second-order valence-corrected chi connectivity index (χ2v) is 6.49. The molecule has 2 aromatic carbocycles. The zero-order chi connectivity index (χ0) is 20.1. The summed E-state index contributed by atoms with van der Waals surface area (Å²) in [7, 11) is 4.85. The fourth-order valence-corrected chi connectivity index (χ4v) is 3.21. The summed E-state index contributed by atoms with van der Waals surface area (Å²) in [6.45, 7) is 5.98. The Morgan fingerprint density at radius 1 is 0.964 bits per heavy atom. The summed E-state index contributed by atoms with van der Waals surface area (Å²) in [6.07, 6.45) is 3.07. The van der Waals surface area contributed by atoms with Gasteiger partial charge in [0.1, 0.15) is 6.10 Å². The van der Waals surface area contributed by atoms with Crippen molar-refractivity contribution in [2.24, 2.45) is 0 Å². The van der Waals surface area contributed by atoms with Crippen molar-refractivity contribution in [1.82, 2.24) is 0 Å². The van der Waals surface area contributed by atoms with E-state index < -0.39 is 0 Å². The number of allylic oxidation sites excluding steroid dienone is 1. The lowest BCUT2D eigenvalue weighted by atomic mass is 10.1. The van der Waals surface area contributed by atoms with Crippen LogP contribution < -0.4 is 28.4 Å². The maximum atomic E-state index is 6.20. The Balaban J connectivity index is 1.81. The Bertz CT molecular complexity index is 820. The summed E-state index contributed by atoms with van der Waals surface area (Å²) in [4.78, 5) is 0. The Hall–Kier alpha value is -3.02. The van der Waals surface area contributed by atoms with Crippen LogP contribution in [0.1, 0.15) is 18.1 Å². The van der Waals surface area contributed by atoms with Crippen LogP contribution in [0.15, 0.2) is 36.9 Å². The smallest absolute Gasteiger partial charge is 0.231 e. The van der Waals surface area contributed by atoms with Gasteiger partial charge in [0.2, 0.25) is 18.3 Å². The van der Waals surface area contributed by atoms with Gasteiger partial charge in [-0.3, -0.25) is 0 Å². The van der Waals surface area contributed by atoms with Gasteiger partial charge < -0.3 is 28.4 Å². The number of hydrogen-bond acceptors (Lipinski definition) is 6. The molecule has 0 aromatic heterocycles. The molecule has 0 N–H and O–H groups in total. The molecular formula is C22H26O6. The second kappa shape index (κ2) is 8.78. The van der Waals surface area contributed by atoms with Gasteiger partial charge in [-0.2, -0.15) is 0 Å². The van der Waals surface area contributed by atoms with Gasteiger partial charge >= 0.3 is 0 Å². The minimum absolute atomic E-state index is 0.141. The predicted octanol–water partition coefficient (Wildman–Crippen LogP) is 4.18. The monoisotopic (exact) mass is 386 g/mol. The Morgan fingerprint density at radius 3 is 2.21 bits per heavy atom. The van der Waals surface area contributed by atoms with Crippen LogP contribution in [-0.4, -0.2) is 34.2 Å². The van der Waals surface area contributed by atoms with Gasteiger partial charge in [0.15, 0.2) is 23.0 Å². The van der Waals surface area contributed by atoms with Crippen molar-refractivity contribution in [2.75, 3.05) is 28.1 Å². The quantitative estimate of drug-likeness (QED) is 0.603. The summed E-state index contributed by atoms with van der Waals surface area (Å²) < 4.78 is 33.6. The molecule has 3 rings (SSSR count). The highest BCUT2D eigenvalue weighted by Crippen LogP contribution is 2.43. The summed E-state index contributed by atoms with van der Waals surface area (Å²) in [5.74, 6) is 3.82. The van der Waals surface area contributed by atoms with Crippen molar-refractivity contribution in [3.8, 4) is 34.5 Å². The molecular weight excluding hydrogens is 360 g/mol. The van der Waals surface area contributed by atoms with Crippen molar-refractivity contribution in [2.45, 2.75) is 25.9 Å². The lowest BCUT2D eigenvalue weighted by Gasteiger charge is -2.20. The number of benzene rings is 2. The fourth-order valence-electron chi connectivity index (χ4n) is 3.21. The topological polar surface area (TPSA) is 55.4 Å². The van der Waals surface area contributed by atoms with Crippen LogP contribution in [0.5, 0.6) is 34.5 Å². The molecule has 6 heteroatoms. The normalized spacial score (nSPS) is 13.0. The minimum atomic E-state index is -0.141. The summed E-state index contributed by atoms with van der Waals surface area (Å²) in [6, 6.07) is 7.77. The number of methoxy groups -OCH3 is 3. The van der Waals surface area contributed by atoms with Gasteiger partial charge in [0, 0.05) is 6.42 Å². The maximum absolute atomic E-state index is 6.20. The number of fused-ring (bicyclic) bond motifs is 1.